The predicted octanol–water partition coefficient (Wildman–Crippen LogP) is 3.06. The van der Waals surface area contributed by atoms with E-state index < -0.39 is 6.10 Å². The van der Waals surface area contributed by atoms with Gasteiger partial charge in [0, 0.05) is 30.0 Å². The van der Waals surface area contributed by atoms with Gasteiger partial charge in [0.25, 0.3) is 0 Å². The first-order valence-corrected chi connectivity index (χ1v) is 7.99. The molecule has 0 radical (unpaired) electrons. The third-order valence-electron chi connectivity index (χ3n) is 3.53. The van der Waals surface area contributed by atoms with Crippen LogP contribution < -0.4 is 5.32 Å². The van der Waals surface area contributed by atoms with Gasteiger partial charge < -0.3 is 14.8 Å². The molecule has 0 aliphatic carbocycles. The molecule has 0 saturated carbocycles. The second-order valence-corrected chi connectivity index (χ2v) is 6.18. The van der Waals surface area contributed by atoms with Crippen molar-refractivity contribution in [2.75, 3.05) is 6.54 Å². The number of oxazole rings is 1. The van der Waals surface area contributed by atoms with Crippen molar-refractivity contribution >= 4 is 17.5 Å². The number of nitrogens with one attached hydrogen (secondary N) is 1. The van der Waals surface area contributed by atoms with Crippen molar-refractivity contribution in [2.45, 2.75) is 32.8 Å². The first kappa shape index (κ1) is 17.5. The summed E-state index contributed by atoms with van der Waals surface area (Å²) in [4.78, 5) is 15.9. The number of carbonyl (C=O) groups excluding carboxylic acids is 1. The first-order chi connectivity index (χ1) is 11.0. The standard InChI is InChI=1S/C17H21ClN2O3/c1-11(2)14(21)9-19-16(22)7-8-17-20-10-15(23-17)12-3-5-13(18)6-4-12/h3-6,10-11,14,21H,7-9H2,1-2H3,(H,19,22). The Hall–Kier alpha value is -1.85. The van der Waals surface area contributed by atoms with Crippen LogP contribution in [0.25, 0.3) is 11.3 Å². The van der Waals surface area contributed by atoms with Gasteiger partial charge in [-0.1, -0.05) is 25.4 Å². The smallest absolute Gasteiger partial charge is 0.220 e. The van der Waals surface area contributed by atoms with E-state index in [1.54, 1.807) is 18.3 Å². The molecule has 1 heterocycles. The van der Waals surface area contributed by atoms with E-state index in [2.05, 4.69) is 10.3 Å². The molecule has 0 fully saturated rings. The number of hydrogen-bond acceptors (Lipinski definition) is 4. The molecule has 2 N–H and O–H groups in total. The highest BCUT2D eigenvalue weighted by atomic mass is 35.5. The summed E-state index contributed by atoms with van der Waals surface area (Å²) in [5.74, 6) is 1.14. The molecule has 1 unspecified atom stereocenters. The lowest BCUT2D eigenvalue weighted by atomic mass is 10.1. The fraction of sp³-hybridized carbons (Fsp3) is 0.412. The van der Waals surface area contributed by atoms with Crippen molar-refractivity contribution < 1.29 is 14.3 Å². The monoisotopic (exact) mass is 336 g/mol. The molecule has 0 aliphatic rings. The van der Waals surface area contributed by atoms with Crippen molar-refractivity contribution in [2.24, 2.45) is 5.92 Å². The second kappa shape index (κ2) is 8.13. The quantitative estimate of drug-likeness (QED) is 0.814. The molecular weight excluding hydrogens is 316 g/mol. The van der Waals surface area contributed by atoms with E-state index in [-0.39, 0.29) is 24.8 Å². The fourth-order valence-electron chi connectivity index (χ4n) is 1.94. The molecule has 124 valence electrons. The summed E-state index contributed by atoms with van der Waals surface area (Å²) in [7, 11) is 0. The Morgan fingerprint density at radius 2 is 2.04 bits per heavy atom. The minimum Gasteiger partial charge on any atom is -0.441 e. The first-order valence-electron chi connectivity index (χ1n) is 7.61. The molecular formula is C17H21ClN2O3. The minimum atomic E-state index is -0.530. The number of rotatable bonds is 7. The van der Waals surface area contributed by atoms with Crippen molar-refractivity contribution in [1.82, 2.24) is 10.3 Å². The average Bonchev–Trinajstić information content (AvgIpc) is 3.00. The Bertz CT molecular complexity index is 638. The third kappa shape index (κ3) is 5.37. The highest BCUT2D eigenvalue weighted by molar-refractivity contribution is 6.30. The summed E-state index contributed by atoms with van der Waals surface area (Å²) in [5.41, 5.74) is 0.887. The van der Waals surface area contributed by atoms with E-state index in [1.165, 1.54) is 0 Å². The maximum absolute atomic E-state index is 11.8. The van der Waals surface area contributed by atoms with E-state index in [0.717, 1.165) is 5.56 Å². The van der Waals surface area contributed by atoms with E-state index in [9.17, 15) is 9.90 Å². The van der Waals surface area contributed by atoms with Gasteiger partial charge in [-0.05, 0) is 30.2 Å². The van der Waals surface area contributed by atoms with Crippen LogP contribution in [0.1, 0.15) is 26.2 Å². The number of benzene rings is 1. The maximum atomic E-state index is 11.8. The Balaban J connectivity index is 1.83. The fourth-order valence-corrected chi connectivity index (χ4v) is 2.06. The zero-order valence-corrected chi connectivity index (χ0v) is 14.0. The highest BCUT2D eigenvalue weighted by Crippen LogP contribution is 2.22. The van der Waals surface area contributed by atoms with Crippen LogP contribution >= 0.6 is 11.6 Å². The van der Waals surface area contributed by atoms with Crippen molar-refractivity contribution in [3.63, 3.8) is 0 Å². The lowest BCUT2D eigenvalue weighted by Gasteiger charge is -2.14. The van der Waals surface area contributed by atoms with Crippen LogP contribution in [0.2, 0.25) is 5.02 Å². The summed E-state index contributed by atoms with van der Waals surface area (Å²) >= 11 is 5.85. The number of hydrogen-bond donors (Lipinski definition) is 2. The van der Waals surface area contributed by atoms with E-state index >= 15 is 0 Å². The number of amides is 1. The average molecular weight is 337 g/mol. The number of halogens is 1. The Kier molecular flexibility index (Phi) is 6.19. The molecule has 1 aromatic carbocycles. The van der Waals surface area contributed by atoms with Gasteiger partial charge in [-0.2, -0.15) is 0 Å². The Morgan fingerprint density at radius 3 is 2.70 bits per heavy atom. The molecule has 6 heteroatoms. The highest BCUT2D eigenvalue weighted by Gasteiger charge is 2.12. The summed E-state index contributed by atoms with van der Waals surface area (Å²) in [6.07, 6.45) is 1.79. The Morgan fingerprint density at radius 1 is 1.35 bits per heavy atom. The molecule has 23 heavy (non-hydrogen) atoms. The molecule has 2 aromatic rings. The van der Waals surface area contributed by atoms with Crippen LogP contribution in [0.3, 0.4) is 0 Å². The summed E-state index contributed by atoms with van der Waals surface area (Å²) in [6, 6.07) is 7.28. The van der Waals surface area contributed by atoms with Crippen LogP contribution in [0, 0.1) is 5.92 Å². The molecule has 5 nitrogen and oxygen atoms in total. The van der Waals surface area contributed by atoms with Gasteiger partial charge in [0.2, 0.25) is 5.91 Å². The van der Waals surface area contributed by atoms with Gasteiger partial charge in [-0.15, -0.1) is 0 Å². The normalized spacial score (nSPS) is 12.4. The number of aliphatic hydroxyl groups excluding tert-OH is 1. The number of aliphatic hydroxyl groups is 1. The Labute approximate surface area is 140 Å². The third-order valence-corrected chi connectivity index (χ3v) is 3.78. The number of carbonyl (C=O) groups is 1. The van der Waals surface area contributed by atoms with Crippen LogP contribution in [0.15, 0.2) is 34.9 Å². The van der Waals surface area contributed by atoms with Crippen LogP contribution in [-0.4, -0.2) is 28.6 Å². The predicted molar refractivity (Wildman–Crippen MR) is 89.1 cm³/mol. The molecule has 1 amide bonds. The number of nitrogens with zero attached hydrogens (tertiary/aromatic N) is 1. The summed E-state index contributed by atoms with van der Waals surface area (Å²) in [6.45, 7) is 4.07. The van der Waals surface area contributed by atoms with E-state index in [4.69, 9.17) is 16.0 Å². The second-order valence-electron chi connectivity index (χ2n) is 5.74. The molecule has 0 spiro atoms. The zero-order valence-electron chi connectivity index (χ0n) is 13.3. The summed E-state index contributed by atoms with van der Waals surface area (Å²) in [5, 5.41) is 13.0. The lowest BCUT2D eigenvalue weighted by Crippen LogP contribution is -2.34. The molecule has 0 bridgehead atoms. The topological polar surface area (TPSA) is 75.4 Å². The SMILES string of the molecule is CC(C)C(O)CNC(=O)CCc1ncc(-c2ccc(Cl)cc2)o1. The van der Waals surface area contributed by atoms with Gasteiger partial charge in [-0.25, -0.2) is 4.98 Å². The van der Waals surface area contributed by atoms with E-state index in [0.29, 0.717) is 23.1 Å². The van der Waals surface area contributed by atoms with Gasteiger partial charge in [0.1, 0.15) is 0 Å². The number of aryl methyl sites for hydroxylation is 1. The largest absolute Gasteiger partial charge is 0.441 e. The van der Waals surface area contributed by atoms with Gasteiger partial charge in [0.15, 0.2) is 11.7 Å². The van der Waals surface area contributed by atoms with Crippen molar-refractivity contribution in [3.8, 4) is 11.3 Å². The van der Waals surface area contributed by atoms with Gasteiger partial charge in [-0.3, -0.25) is 4.79 Å². The van der Waals surface area contributed by atoms with Crippen LogP contribution in [0.4, 0.5) is 0 Å². The lowest BCUT2D eigenvalue weighted by molar-refractivity contribution is -0.121. The zero-order chi connectivity index (χ0) is 16.8. The number of aromatic nitrogens is 1. The van der Waals surface area contributed by atoms with Crippen LogP contribution in [-0.2, 0) is 11.2 Å². The molecule has 1 aromatic heterocycles. The molecule has 0 aliphatic heterocycles. The van der Waals surface area contributed by atoms with Crippen LogP contribution in [0.5, 0.6) is 0 Å². The minimum absolute atomic E-state index is 0.115. The molecule has 0 saturated heterocycles. The van der Waals surface area contributed by atoms with Crippen molar-refractivity contribution in [1.29, 1.82) is 0 Å². The maximum Gasteiger partial charge on any atom is 0.220 e. The molecule has 1 atom stereocenters. The summed E-state index contributed by atoms with van der Waals surface area (Å²) < 4.78 is 5.64. The van der Waals surface area contributed by atoms with Crippen molar-refractivity contribution in [3.05, 3.63) is 41.4 Å². The van der Waals surface area contributed by atoms with E-state index in [1.807, 2.05) is 26.0 Å². The van der Waals surface area contributed by atoms with Gasteiger partial charge >= 0.3 is 0 Å². The van der Waals surface area contributed by atoms with Gasteiger partial charge in [0.05, 0.1) is 12.3 Å². The molecule has 2 rings (SSSR count).